The average Bonchev–Trinajstić information content (AvgIpc) is 2.62. The van der Waals surface area contributed by atoms with E-state index < -0.39 is 0 Å². The molecule has 0 amide bonds. The van der Waals surface area contributed by atoms with Gasteiger partial charge < -0.3 is 15.8 Å². The molecule has 3 heteroatoms. The van der Waals surface area contributed by atoms with E-state index in [0.29, 0.717) is 23.6 Å². The van der Waals surface area contributed by atoms with Gasteiger partial charge in [-0.2, -0.15) is 0 Å². The molecular weight excluding hydrogens is 212 g/mol. The van der Waals surface area contributed by atoms with Gasteiger partial charge in [-0.1, -0.05) is 20.8 Å². The van der Waals surface area contributed by atoms with Crippen molar-refractivity contribution in [1.29, 1.82) is 0 Å². The highest BCUT2D eigenvalue weighted by Crippen LogP contribution is 2.22. The fraction of sp³-hybridized carbons (Fsp3) is 1.00. The van der Waals surface area contributed by atoms with Crippen LogP contribution in [0.15, 0.2) is 0 Å². The van der Waals surface area contributed by atoms with Crippen LogP contribution in [0.3, 0.4) is 0 Å². The quantitative estimate of drug-likeness (QED) is 0.751. The summed E-state index contributed by atoms with van der Waals surface area (Å²) in [5.41, 5.74) is 6.48. The van der Waals surface area contributed by atoms with Gasteiger partial charge in [0.15, 0.2) is 0 Å². The minimum Gasteiger partial charge on any atom is -0.380 e. The van der Waals surface area contributed by atoms with Crippen LogP contribution in [0, 0.1) is 5.41 Å². The first kappa shape index (κ1) is 14.9. The monoisotopic (exact) mass is 242 g/mol. The summed E-state index contributed by atoms with van der Waals surface area (Å²) >= 11 is 0. The molecule has 0 aromatic carbocycles. The van der Waals surface area contributed by atoms with Gasteiger partial charge in [0.25, 0.3) is 0 Å². The largest absolute Gasteiger partial charge is 0.380 e. The molecule has 1 saturated carbocycles. The third kappa shape index (κ3) is 5.84. The zero-order valence-corrected chi connectivity index (χ0v) is 12.0. The van der Waals surface area contributed by atoms with Crippen LogP contribution in [0.4, 0.5) is 0 Å². The molecule has 102 valence electrons. The first-order valence-electron chi connectivity index (χ1n) is 6.94. The normalized spacial score (nSPS) is 27.4. The van der Waals surface area contributed by atoms with E-state index in [2.05, 4.69) is 26.1 Å². The van der Waals surface area contributed by atoms with Gasteiger partial charge in [-0.15, -0.1) is 0 Å². The molecular formula is C14H30N2O. The SMILES string of the molecule is COC1CCCC1NCCC(N)CC(C)(C)C. The van der Waals surface area contributed by atoms with E-state index in [1.807, 2.05) is 7.11 Å². The topological polar surface area (TPSA) is 47.3 Å². The van der Waals surface area contributed by atoms with Crippen LogP contribution in [0.5, 0.6) is 0 Å². The van der Waals surface area contributed by atoms with Crippen LogP contribution in [0.25, 0.3) is 0 Å². The van der Waals surface area contributed by atoms with Crippen molar-refractivity contribution in [3.63, 3.8) is 0 Å². The van der Waals surface area contributed by atoms with Crippen LogP contribution in [-0.4, -0.2) is 31.8 Å². The lowest BCUT2D eigenvalue weighted by atomic mass is 9.87. The van der Waals surface area contributed by atoms with Crippen LogP contribution >= 0.6 is 0 Å². The van der Waals surface area contributed by atoms with E-state index in [1.54, 1.807) is 0 Å². The maximum absolute atomic E-state index is 6.14. The van der Waals surface area contributed by atoms with Gasteiger partial charge in [-0.05, 0) is 44.1 Å². The summed E-state index contributed by atoms with van der Waals surface area (Å²) in [6.07, 6.45) is 6.28. The van der Waals surface area contributed by atoms with Gasteiger partial charge in [0.1, 0.15) is 0 Å². The summed E-state index contributed by atoms with van der Waals surface area (Å²) in [4.78, 5) is 0. The number of hydrogen-bond donors (Lipinski definition) is 2. The molecule has 0 saturated heterocycles. The van der Waals surface area contributed by atoms with Gasteiger partial charge in [-0.3, -0.25) is 0 Å². The first-order valence-corrected chi connectivity index (χ1v) is 6.94. The molecule has 0 aliphatic heterocycles. The van der Waals surface area contributed by atoms with E-state index in [4.69, 9.17) is 10.5 Å². The Morgan fingerprint density at radius 2 is 2.06 bits per heavy atom. The third-order valence-electron chi connectivity index (χ3n) is 3.55. The zero-order chi connectivity index (χ0) is 12.9. The molecule has 1 fully saturated rings. The molecule has 3 nitrogen and oxygen atoms in total. The predicted octanol–water partition coefficient (Wildman–Crippen LogP) is 2.30. The summed E-state index contributed by atoms with van der Waals surface area (Å²) < 4.78 is 5.47. The van der Waals surface area contributed by atoms with Crippen molar-refractivity contribution in [3.8, 4) is 0 Å². The Kier molecular flexibility index (Phi) is 5.90. The number of rotatable bonds is 6. The maximum Gasteiger partial charge on any atom is 0.0724 e. The molecule has 0 aromatic heterocycles. The van der Waals surface area contributed by atoms with Gasteiger partial charge in [0.2, 0.25) is 0 Å². The molecule has 0 aromatic rings. The number of nitrogens with one attached hydrogen (secondary N) is 1. The number of ether oxygens (including phenoxy) is 1. The molecule has 3 atom stereocenters. The Labute approximate surface area is 106 Å². The molecule has 0 bridgehead atoms. The Balaban J connectivity index is 2.15. The van der Waals surface area contributed by atoms with Crippen molar-refractivity contribution in [2.75, 3.05) is 13.7 Å². The standard InChI is InChI=1S/C14H30N2O/c1-14(2,3)10-11(15)8-9-16-12-6-5-7-13(12)17-4/h11-13,16H,5-10,15H2,1-4H3. The Hall–Kier alpha value is -0.120. The summed E-state index contributed by atoms with van der Waals surface area (Å²) in [5, 5.41) is 3.59. The van der Waals surface area contributed by atoms with Crippen LogP contribution in [-0.2, 0) is 4.74 Å². The fourth-order valence-electron chi connectivity index (χ4n) is 2.78. The number of methoxy groups -OCH3 is 1. The minimum atomic E-state index is 0.310. The second-order valence-corrected chi connectivity index (χ2v) is 6.58. The molecule has 1 rings (SSSR count). The number of hydrogen-bond acceptors (Lipinski definition) is 3. The van der Waals surface area contributed by atoms with Crippen molar-refractivity contribution >= 4 is 0 Å². The first-order chi connectivity index (χ1) is 7.92. The van der Waals surface area contributed by atoms with Crippen molar-refractivity contribution in [1.82, 2.24) is 5.32 Å². The zero-order valence-electron chi connectivity index (χ0n) is 12.0. The highest BCUT2D eigenvalue weighted by atomic mass is 16.5. The van der Waals surface area contributed by atoms with E-state index in [-0.39, 0.29) is 0 Å². The average molecular weight is 242 g/mol. The molecule has 17 heavy (non-hydrogen) atoms. The van der Waals surface area contributed by atoms with E-state index in [0.717, 1.165) is 19.4 Å². The molecule has 0 radical (unpaired) electrons. The molecule has 3 unspecified atom stereocenters. The lowest BCUT2D eigenvalue weighted by Gasteiger charge is -2.24. The molecule has 3 N–H and O–H groups in total. The summed E-state index contributed by atoms with van der Waals surface area (Å²) in [7, 11) is 1.82. The Morgan fingerprint density at radius 3 is 2.65 bits per heavy atom. The molecule has 1 aliphatic carbocycles. The second kappa shape index (κ2) is 6.72. The highest BCUT2D eigenvalue weighted by molar-refractivity contribution is 4.84. The van der Waals surface area contributed by atoms with Gasteiger partial charge in [0.05, 0.1) is 6.10 Å². The lowest BCUT2D eigenvalue weighted by Crippen LogP contribution is -2.39. The second-order valence-electron chi connectivity index (χ2n) is 6.58. The highest BCUT2D eigenvalue weighted by Gasteiger charge is 2.26. The lowest BCUT2D eigenvalue weighted by molar-refractivity contribution is 0.0849. The van der Waals surface area contributed by atoms with E-state index >= 15 is 0 Å². The van der Waals surface area contributed by atoms with Gasteiger partial charge in [0, 0.05) is 19.2 Å². The Bertz CT molecular complexity index is 213. The fourth-order valence-corrected chi connectivity index (χ4v) is 2.78. The van der Waals surface area contributed by atoms with E-state index in [1.165, 1.54) is 19.3 Å². The minimum absolute atomic E-state index is 0.310. The molecule has 1 aliphatic rings. The van der Waals surface area contributed by atoms with Gasteiger partial charge >= 0.3 is 0 Å². The van der Waals surface area contributed by atoms with E-state index in [9.17, 15) is 0 Å². The summed E-state index contributed by atoms with van der Waals surface area (Å²) in [5.74, 6) is 0. The molecule has 0 heterocycles. The summed E-state index contributed by atoms with van der Waals surface area (Å²) in [6.45, 7) is 7.76. The molecule has 0 spiro atoms. The summed E-state index contributed by atoms with van der Waals surface area (Å²) in [6, 6.07) is 0.853. The number of nitrogens with two attached hydrogens (primary N) is 1. The van der Waals surface area contributed by atoms with Crippen molar-refractivity contribution in [2.45, 2.75) is 71.1 Å². The van der Waals surface area contributed by atoms with Crippen molar-refractivity contribution < 1.29 is 4.74 Å². The Morgan fingerprint density at radius 1 is 1.35 bits per heavy atom. The van der Waals surface area contributed by atoms with Crippen LogP contribution < -0.4 is 11.1 Å². The van der Waals surface area contributed by atoms with Crippen LogP contribution in [0.2, 0.25) is 0 Å². The third-order valence-corrected chi connectivity index (χ3v) is 3.55. The van der Waals surface area contributed by atoms with Gasteiger partial charge in [-0.25, -0.2) is 0 Å². The predicted molar refractivity (Wildman–Crippen MR) is 73.1 cm³/mol. The smallest absolute Gasteiger partial charge is 0.0724 e. The maximum atomic E-state index is 6.14. The van der Waals surface area contributed by atoms with Crippen molar-refractivity contribution in [2.24, 2.45) is 11.1 Å². The van der Waals surface area contributed by atoms with Crippen molar-refractivity contribution in [3.05, 3.63) is 0 Å². The van der Waals surface area contributed by atoms with Crippen LogP contribution in [0.1, 0.15) is 52.9 Å².